The molecule has 104 valence electrons. The van der Waals surface area contributed by atoms with Crippen LogP contribution in [0, 0.1) is 0 Å². The summed E-state index contributed by atoms with van der Waals surface area (Å²) in [7, 11) is 1.95. The summed E-state index contributed by atoms with van der Waals surface area (Å²) in [5, 5.41) is 4.20. The van der Waals surface area contributed by atoms with Crippen LogP contribution in [0.1, 0.15) is 5.82 Å². The first kappa shape index (κ1) is 11.9. The predicted octanol–water partition coefficient (Wildman–Crippen LogP) is 1.43. The molecule has 4 rings (SSSR count). The van der Waals surface area contributed by atoms with E-state index in [1.807, 2.05) is 48.1 Å². The number of benzene rings is 1. The lowest BCUT2D eigenvalue weighted by Gasteiger charge is -2.05. The zero-order chi connectivity index (χ0) is 14.4. The SMILES string of the molecule is Cn1c(Cn2ncn3cccc3c2=O)nc2ccccc21. The fraction of sp³-hybridized carbons (Fsp3) is 0.133. The van der Waals surface area contributed by atoms with Gasteiger partial charge in [-0.25, -0.2) is 9.67 Å². The van der Waals surface area contributed by atoms with E-state index in [2.05, 4.69) is 10.1 Å². The molecule has 0 aliphatic carbocycles. The van der Waals surface area contributed by atoms with Crippen molar-refractivity contribution in [3.05, 3.63) is 65.1 Å². The van der Waals surface area contributed by atoms with Gasteiger partial charge in [0.25, 0.3) is 5.56 Å². The number of hydrogen-bond donors (Lipinski definition) is 0. The number of fused-ring (bicyclic) bond motifs is 2. The van der Waals surface area contributed by atoms with Crippen LogP contribution in [0.2, 0.25) is 0 Å². The Morgan fingerprint density at radius 3 is 2.76 bits per heavy atom. The summed E-state index contributed by atoms with van der Waals surface area (Å²) in [6.45, 7) is 0.353. The Labute approximate surface area is 119 Å². The first-order valence-corrected chi connectivity index (χ1v) is 6.67. The van der Waals surface area contributed by atoms with Crippen LogP contribution in [0.5, 0.6) is 0 Å². The topological polar surface area (TPSA) is 57.1 Å². The van der Waals surface area contributed by atoms with E-state index in [4.69, 9.17) is 0 Å². The Bertz CT molecular complexity index is 1010. The first-order chi connectivity index (χ1) is 10.2. The molecule has 3 aromatic heterocycles. The van der Waals surface area contributed by atoms with Gasteiger partial charge in [0.2, 0.25) is 0 Å². The van der Waals surface area contributed by atoms with Crippen molar-refractivity contribution in [2.24, 2.45) is 7.05 Å². The summed E-state index contributed by atoms with van der Waals surface area (Å²) >= 11 is 0. The number of rotatable bonds is 2. The highest BCUT2D eigenvalue weighted by Gasteiger charge is 2.10. The van der Waals surface area contributed by atoms with E-state index < -0.39 is 0 Å². The van der Waals surface area contributed by atoms with Crippen molar-refractivity contribution in [3.63, 3.8) is 0 Å². The number of nitrogens with zero attached hydrogens (tertiary/aromatic N) is 5. The summed E-state index contributed by atoms with van der Waals surface area (Å²) < 4.78 is 5.15. The molecule has 0 spiro atoms. The lowest BCUT2D eigenvalue weighted by Crippen LogP contribution is -2.25. The van der Waals surface area contributed by atoms with Crippen molar-refractivity contribution in [2.75, 3.05) is 0 Å². The second kappa shape index (κ2) is 4.31. The molecule has 4 aromatic rings. The van der Waals surface area contributed by atoms with Crippen LogP contribution in [0.3, 0.4) is 0 Å². The maximum Gasteiger partial charge on any atom is 0.291 e. The highest BCUT2D eigenvalue weighted by molar-refractivity contribution is 5.75. The van der Waals surface area contributed by atoms with E-state index in [0.717, 1.165) is 16.9 Å². The molecule has 1 aromatic carbocycles. The molecule has 0 bridgehead atoms. The Kier molecular flexibility index (Phi) is 2.44. The van der Waals surface area contributed by atoms with Crippen LogP contribution in [0.15, 0.2) is 53.7 Å². The van der Waals surface area contributed by atoms with Gasteiger partial charge >= 0.3 is 0 Å². The zero-order valence-electron chi connectivity index (χ0n) is 11.5. The third kappa shape index (κ3) is 1.76. The molecule has 0 aliphatic heterocycles. The van der Waals surface area contributed by atoms with Crippen LogP contribution >= 0.6 is 0 Å². The van der Waals surface area contributed by atoms with Crippen LogP contribution in [0.25, 0.3) is 16.6 Å². The quantitative estimate of drug-likeness (QED) is 0.558. The third-order valence-electron chi connectivity index (χ3n) is 3.72. The fourth-order valence-electron chi connectivity index (χ4n) is 2.56. The lowest BCUT2D eigenvalue weighted by molar-refractivity contribution is 0.593. The minimum atomic E-state index is -0.116. The molecule has 0 saturated heterocycles. The second-order valence-electron chi connectivity index (χ2n) is 4.97. The molecule has 0 unspecified atom stereocenters. The lowest BCUT2D eigenvalue weighted by atomic mass is 10.3. The maximum atomic E-state index is 12.4. The van der Waals surface area contributed by atoms with Crippen LogP contribution in [0.4, 0.5) is 0 Å². The van der Waals surface area contributed by atoms with Crippen molar-refractivity contribution in [1.29, 1.82) is 0 Å². The Morgan fingerprint density at radius 2 is 1.90 bits per heavy atom. The average molecular weight is 279 g/mol. The molecule has 0 amide bonds. The molecule has 21 heavy (non-hydrogen) atoms. The summed E-state index contributed by atoms with van der Waals surface area (Å²) in [6, 6.07) is 11.5. The summed E-state index contributed by atoms with van der Waals surface area (Å²) in [5.41, 5.74) is 2.47. The van der Waals surface area contributed by atoms with Crippen molar-refractivity contribution in [3.8, 4) is 0 Å². The highest BCUT2D eigenvalue weighted by Crippen LogP contribution is 2.14. The molecule has 0 saturated carbocycles. The third-order valence-corrected chi connectivity index (χ3v) is 3.72. The molecular formula is C15H13N5O. The molecule has 0 radical (unpaired) electrons. The van der Waals surface area contributed by atoms with Crippen molar-refractivity contribution in [1.82, 2.24) is 23.7 Å². The molecule has 0 aliphatic rings. The van der Waals surface area contributed by atoms with E-state index in [0.29, 0.717) is 12.1 Å². The van der Waals surface area contributed by atoms with Gasteiger partial charge in [0.1, 0.15) is 24.2 Å². The number of aryl methyl sites for hydroxylation is 1. The predicted molar refractivity (Wildman–Crippen MR) is 79.3 cm³/mol. The normalized spacial score (nSPS) is 11.5. The Balaban J connectivity index is 1.84. The van der Waals surface area contributed by atoms with Gasteiger partial charge in [0.05, 0.1) is 11.0 Å². The number of hydrogen-bond acceptors (Lipinski definition) is 3. The molecule has 6 heteroatoms. The zero-order valence-corrected chi connectivity index (χ0v) is 11.5. The van der Waals surface area contributed by atoms with Gasteiger partial charge in [0.15, 0.2) is 0 Å². The van der Waals surface area contributed by atoms with Crippen molar-refractivity contribution in [2.45, 2.75) is 6.54 Å². The van der Waals surface area contributed by atoms with E-state index >= 15 is 0 Å². The van der Waals surface area contributed by atoms with Gasteiger partial charge in [-0.3, -0.25) is 4.79 Å². The molecular weight excluding hydrogens is 266 g/mol. The number of aromatic nitrogens is 5. The molecule has 0 fully saturated rings. The number of imidazole rings is 1. The van der Waals surface area contributed by atoms with E-state index in [1.54, 1.807) is 16.8 Å². The van der Waals surface area contributed by atoms with Crippen LogP contribution < -0.4 is 5.56 Å². The van der Waals surface area contributed by atoms with E-state index in [9.17, 15) is 4.79 Å². The van der Waals surface area contributed by atoms with E-state index in [1.165, 1.54) is 4.68 Å². The maximum absolute atomic E-state index is 12.4. The molecule has 6 nitrogen and oxygen atoms in total. The number of para-hydroxylation sites is 2. The summed E-state index contributed by atoms with van der Waals surface area (Å²) in [5.74, 6) is 0.807. The first-order valence-electron chi connectivity index (χ1n) is 6.67. The molecule has 3 heterocycles. The monoisotopic (exact) mass is 279 g/mol. The van der Waals surface area contributed by atoms with Gasteiger partial charge in [-0.2, -0.15) is 5.10 Å². The van der Waals surface area contributed by atoms with Crippen molar-refractivity contribution >= 4 is 16.6 Å². The van der Waals surface area contributed by atoms with Gasteiger partial charge in [0, 0.05) is 13.2 Å². The van der Waals surface area contributed by atoms with Gasteiger partial charge < -0.3 is 8.97 Å². The fourth-order valence-corrected chi connectivity index (χ4v) is 2.56. The summed E-state index contributed by atoms with van der Waals surface area (Å²) in [6.07, 6.45) is 3.45. The van der Waals surface area contributed by atoms with Crippen LogP contribution in [-0.2, 0) is 13.6 Å². The van der Waals surface area contributed by atoms with E-state index in [-0.39, 0.29) is 5.56 Å². The van der Waals surface area contributed by atoms with Crippen molar-refractivity contribution < 1.29 is 0 Å². The largest absolute Gasteiger partial charge is 0.330 e. The second-order valence-corrected chi connectivity index (χ2v) is 4.97. The van der Waals surface area contributed by atoms with Gasteiger partial charge in [-0.05, 0) is 24.3 Å². The van der Waals surface area contributed by atoms with Crippen LogP contribution in [-0.4, -0.2) is 23.7 Å². The Hall–Kier alpha value is -2.89. The Morgan fingerprint density at radius 1 is 1.10 bits per heavy atom. The standard InChI is InChI=1S/C15H13N5O/c1-18-12-6-3-2-5-11(12)17-14(18)9-20-15(21)13-7-4-8-19(13)10-16-20/h2-8,10H,9H2,1H3. The molecule has 0 atom stereocenters. The van der Waals surface area contributed by atoms with Gasteiger partial charge in [-0.1, -0.05) is 12.1 Å². The summed E-state index contributed by atoms with van der Waals surface area (Å²) in [4.78, 5) is 16.9. The average Bonchev–Trinajstić information content (AvgIpc) is 3.09. The minimum absolute atomic E-state index is 0.116. The van der Waals surface area contributed by atoms with Gasteiger partial charge in [-0.15, -0.1) is 0 Å². The smallest absolute Gasteiger partial charge is 0.291 e. The molecule has 0 N–H and O–H groups in total. The highest BCUT2D eigenvalue weighted by atomic mass is 16.1. The minimum Gasteiger partial charge on any atom is -0.330 e.